The summed E-state index contributed by atoms with van der Waals surface area (Å²) < 4.78 is 13.7. The molecule has 1 aromatic carbocycles. The number of methoxy groups -OCH3 is 1. The minimum absolute atomic E-state index is 0.281. The van der Waals surface area contributed by atoms with Gasteiger partial charge in [0, 0.05) is 12.5 Å². The lowest BCUT2D eigenvalue weighted by molar-refractivity contribution is 0.419. The Kier molecular flexibility index (Phi) is 3.84. The molecule has 0 bridgehead atoms. The van der Waals surface area contributed by atoms with Crippen LogP contribution in [0.3, 0.4) is 0 Å². The summed E-state index contributed by atoms with van der Waals surface area (Å²) in [5.74, 6) is 1.82. The van der Waals surface area contributed by atoms with Crippen molar-refractivity contribution in [3.05, 3.63) is 47.1 Å². The van der Waals surface area contributed by atoms with Gasteiger partial charge in [-0.25, -0.2) is 0 Å². The predicted octanol–water partition coefficient (Wildman–Crippen LogP) is 4.49. The molecule has 0 spiro atoms. The van der Waals surface area contributed by atoms with Crippen molar-refractivity contribution < 1.29 is 9.15 Å². The van der Waals surface area contributed by atoms with Crippen LogP contribution < -0.4 is 4.74 Å². The van der Waals surface area contributed by atoms with Crippen molar-refractivity contribution in [1.29, 1.82) is 0 Å². The Morgan fingerprint density at radius 3 is 2.90 bits per heavy atom. The molecule has 21 heavy (non-hydrogen) atoms. The topological polar surface area (TPSA) is 43.1 Å². The van der Waals surface area contributed by atoms with E-state index in [9.17, 15) is 0 Å². The fraction of sp³-hybridized carbons (Fsp3) is 0.312. The van der Waals surface area contributed by atoms with Gasteiger partial charge in [0.15, 0.2) is 4.77 Å². The van der Waals surface area contributed by atoms with Crippen LogP contribution in [0.1, 0.15) is 25.1 Å². The first-order chi connectivity index (χ1) is 10.2. The van der Waals surface area contributed by atoms with Crippen LogP contribution in [0.5, 0.6) is 5.75 Å². The molecule has 1 atom stereocenters. The van der Waals surface area contributed by atoms with Gasteiger partial charge in [-0.2, -0.15) is 0 Å². The largest absolute Gasteiger partial charge is 0.494 e. The SMILES string of the molecule is COc1cccc2c1[nH]c(=S)n2C(C)CCc1ccco1. The van der Waals surface area contributed by atoms with E-state index in [4.69, 9.17) is 21.4 Å². The highest BCUT2D eigenvalue weighted by molar-refractivity contribution is 7.71. The number of hydrogen-bond acceptors (Lipinski definition) is 3. The van der Waals surface area contributed by atoms with Gasteiger partial charge in [0.05, 0.1) is 18.9 Å². The van der Waals surface area contributed by atoms with E-state index in [2.05, 4.69) is 22.5 Å². The van der Waals surface area contributed by atoms with E-state index in [1.807, 2.05) is 24.3 Å². The number of hydrogen-bond donors (Lipinski definition) is 1. The van der Waals surface area contributed by atoms with Crippen LogP contribution in [0.25, 0.3) is 11.0 Å². The molecule has 0 radical (unpaired) electrons. The lowest BCUT2D eigenvalue weighted by atomic mass is 10.1. The minimum Gasteiger partial charge on any atom is -0.494 e. The van der Waals surface area contributed by atoms with Crippen molar-refractivity contribution in [2.45, 2.75) is 25.8 Å². The Morgan fingerprint density at radius 2 is 2.19 bits per heavy atom. The molecule has 3 rings (SSSR count). The predicted molar refractivity (Wildman–Crippen MR) is 85.4 cm³/mol. The summed E-state index contributed by atoms with van der Waals surface area (Å²) in [7, 11) is 1.67. The highest BCUT2D eigenvalue weighted by atomic mass is 32.1. The van der Waals surface area contributed by atoms with Crippen molar-refractivity contribution >= 4 is 23.3 Å². The molecule has 2 heterocycles. The maximum atomic E-state index is 5.48. The van der Waals surface area contributed by atoms with E-state index in [1.54, 1.807) is 13.4 Å². The first-order valence-corrected chi connectivity index (χ1v) is 7.41. The third-order valence-corrected chi connectivity index (χ3v) is 4.06. The van der Waals surface area contributed by atoms with Crippen LogP contribution in [0, 0.1) is 4.77 Å². The maximum absolute atomic E-state index is 5.48. The Morgan fingerprint density at radius 1 is 1.33 bits per heavy atom. The van der Waals surface area contributed by atoms with Gasteiger partial charge in [-0.3, -0.25) is 0 Å². The Labute approximate surface area is 128 Å². The fourth-order valence-corrected chi connectivity index (χ4v) is 3.05. The number of nitrogens with zero attached hydrogens (tertiary/aromatic N) is 1. The molecule has 1 unspecified atom stereocenters. The van der Waals surface area contributed by atoms with Crippen LogP contribution >= 0.6 is 12.2 Å². The number of imidazole rings is 1. The van der Waals surface area contributed by atoms with Gasteiger partial charge >= 0.3 is 0 Å². The number of ether oxygens (including phenoxy) is 1. The van der Waals surface area contributed by atoms with Gasteiger partial charge in [-0.05, 0) is 49.8 Å². The number of H-pyrrole nitrogens is 1. The lowest BCUT2D eigenvalue weighted by Crippen LogP contribution is -2.06. The number of furan rings is 1. The van der Waals surface area contributed by atoms with E-state index >= 15 is 0 Å². The normalized spacial score (nSPS) is 12.7. The molecule has 0 saturated heterocycles. The van der Waals surface area contributed by atoms with Crippen molar-refractivity contribution in [3.63, 3.8) is 0 Å². The van der Waals surface area contributed by atoms with Crippen LogP contribution in [0.4, 0.5) is 0 Å². The van der Waals surface area contributed by atoms with Gasteiger partial charge < -0.3 is 18.7 Å². The molecule has 0 aliphatic carbocycles. The zero-order valence-electron chi connectivity index (χ0n) is 12.1. The summed E-state index contributed by atoms with van der Waals surface area (Å²) in [5, 5.41) is 0. The Balaban J connectivity index is 1.92. The zero-order valence-corrected chi connectivity index (χ0v) is 12.9. The molecule has 3 aromatic rings. The van der Waals surface area contributed by atoms with Gasteiger partial charge in [-0.15, -0.1) is 0 Å². The smallest absolute Gasteiger partial charge is 0.178 e. The van der Waals surface area contributed by atoms with Crippen LogP contribution in [0.15, 0.2) is 41.0 Å². The van der Waals surface area contributed by atoms with E-state index in [-0.39, 0.29) is 6.04 Å². The van der Waals surface area contributed by atoms with Crippen LogP contribution in [-0.4, -0.2) is 16.7 Å². The number of para-hydroxylation sites is 1. The molecular formula is C16H18N2O2S. The van der Waals surface area contributed by atoms with Crippen molar-refractivity contribution in [2.24, 2.45) is 0 Å². The second kappa shape index (κ2) is 5.77. The number of nitrogens with one attached hydrogen (secondary N) is 1. The first-order valence-electron chi connectivity index (χ1n) is 7.00. The molecule has 0 amide bonds. The van der Waals surface area contributed by atoms with E-state index in [1.165, 1.54) is 0 Å². The third-order valence-electron chi connectivity index (χ3n) is 3.76. The summed E-state index contributed by atoms with van der Waals surface area (Å²) >= 11 is 5.48. The van der Waals surface area contributed by atoms with Crippen LogP contribution in [-0.2, 0) is 6.42 Å². The van der Waals surface area contributed by atoms with E-state index < -0.39 is 0 Å². The van der Waals surface area contributed by atoms with Gasteiger partial charge in [-0.1, -0.05) is 6.07 Å². The van der Waals surface area contributed by atoms with E-state index in [0.29, 0.717) is 0 Å². The molecule has 0 aliphatic rings. The Hall–Kier alpha value is -2.01. The Bertz CT molecular complexity index is 786. The van der Waals surface area contributed by atoms with E-state index in [0.717, 1.165) is 40.2 Å². The number of rotatable bonds is 5. The first kappa shape index (κ1) is 13.9. The second-order valence-electron chi connectivity index (χ2n) is 5.12. The summed E-state index contributed by atoms with van der Waals surface area (Å²) in [5.41, 5.74) is 2.03. The molecule has 1 N–H and O–H groups in total. The monoisotopic (exact) mass is 302 g/mol. The van der Waals surface area contributed by atoms with Crippen molar-refractivity contribution in [1.82, 2.24) is 9.55 Å². The van der Waals surface area contributed by atoms with Crippen LogP contribution in [0.2, 0.25) is 0 Å². The molecule has 5 heteroatoms. The quantitative estimate of drug-likeness (QED) is 0.706. The number of fused-ring (bicyclic) bond motifs is 1. The molecule has 0 saturated carbocycles. The summed E-state index contributed by atoms with van der Waals surface area (Å²) in [4.78, 5) is 3.25. The zero-order chi connectivity index (χ0) is 14.8. The fourth-order valence-electron chi connectivity index (χ4n) is 2.67. The molecular weight excluding hydrogens is 284 g/mol. The summed E-state index contributed by atoms with van der Waals surface area (Å²) in [6.07, 6.45) is 3.57. The highest BCUT2D eigenvalue weighted by Gasteiger charge is 2.14. The molecule has 2 aromatic heterocycles. The number of aryl methyl sites for hydroxylation is 1. The maximum Gasteiger partial charge on any atom is 0.178 e. The second-order valence-corrected chi connectivity index (χ2v) is 5.51. The molecule has 0 aliphatic heterocycles. The minimum atomic E-state index is 0.281. The van der Waals surface area contributed by atoms with Gasteiger partial charge in [0.1, 0.15) is 17.0 Å². The van der Waals surface area contributed by atoms with Crippen molar-refractivity contribution in [2.75, 3.05) is 7.11 Å². The van der Waals surface area contributed by atoms with Gasteiger partial charge in [0.25, 0.3) is 0 Å². The highest BCUT2D eigenvalue weighted by Crippen LogP contribution is 2.28. The summed E-state index contributed by atoms with van der Waals surface area (Å²) in [6, 6.07) is 10.2. The number of benzene rings is 1. The lowest BCUT2D eigenvalue weighted by Gasteiger charge is -2.14. The third kappa shape index (κ3) is 2.61. The van der Waals surface area contributed by atoms with Gasteiger partial charge in [0.2, 0.25) is 0 Å². The molecule has 4 nitrogen and oxygen atoms in total. The average molecular weight is 302 g/mol. The van der Waals surface area contributed by atoms with Crippen molar-refractivity contribution in [3.8, 4) is 5.75 Å². The number of aromatic amines is 1. The standard InChI is InChI=1S/C16H18N2O2S/c1-11(8-9-12-5-4-10-20-12)18-13-6-3-7-14(19-2)15(13)17-16(18)21/h3-7,10-11H,8-9H2,1-2H3,(H,17,21). The molecule has 0 fully saturated rings. The average Bonchev–Trinajstić information content (AvgIpc) is 3.10. The number of aromatic nitrogens is 2. The molecule has 110 valence electrons. The summed E-state index contributed by atoms with van der Waals surface area (Å²) in [6.45, 7) is 2.17.